The van der Waals surface area contributed by atoms with Crippen molar-refractivity contribution in [2.75, 3.05) is 19.4 Å². The molecule has 0 fully saturated rings. The van der Waals surface area contributed by atoms with E-state index in [0.717, 1.165) is 18.2 Å². The van der Waals surface area contributed by atoms with Gasteiger partial charge >= 0.3 is 6.03 Å². The van der Waals surface area contributed by atoms with Crippen LogP contribution in [-0.4, -0.2) is 41.6 Å². The third-order valence-corrected chi connectivity index (χ3v) is 2.71. The van der Waals surface area contributed by atoms with Crippen LogP contribution in [0.25, 0.3) is 0 Å². The molecule has 0 saturated heterocycles. The van der Waals surface area contributed by atoms with E-state index >= 15 is 0 Å². The standard InChI is InChI=1S/C12H25BrN4O/c1-11(2,3)15-16-12(4,8-7-9-13)14-10(18)17(5)6/h7-9H2,1-6H3,(H,14,18). The number of carbonyl (C=O) groups is 1. The van der Waals surface area contributed by atoms with Crippen molar-refractivity contribution in [3.05, 3.63) is 0 Å². The van der Waals surface area contributed by atoms with Crippen LogP contribution in [0.4, 0.5) is 4.79 Å². The SMILES string of the molecule is CN(C)C(=O)NC(C)(CCCBr)N=NC(C)(C)C. The van der Waals surface area contributed by atoms with Crippen LogP contribution in [0.15, 0.2) is 10.2 Å². The summed E-state index contributed by atoms with van der Waals surface area (Å²) in [6.07, 6.45) is 1.67. The van der Waals surface area contributed by atoms with Crippen LogP contribution in [0, 0.1) is 0 Å². The molecule has 0 aliphatic carbocycles. The summed E-state index contributed by atoms with van der Waals surface area (Å²) in [4.78, 5) is 13.2. The van der Waals surface area contributed by atoms with Crippen LogP contribution < -0.4 is 5.32 Å². The molecule has 1 unspecified atom stereocenters. The highest BCUT2D eigenvalue weighted by molar-refractivity contribution is 9.09. The number of rotatable bonds is 5. The Morgan fingerprint density at radius 2 is 1.78 bits per heavy atom. The monoisotopic (exact) mass is 320 g/mol. The summed E-state index contributed by atoms with van der Waals surface area (Å²) in [6, 6.07) is -0.153. The molecule has 106 valence electrons. The van der Waals surface area contributed by atoms with E-state index in [-0.39, 0.29) is 11.6 Å². The molecule has 0 aliphatic rings. The summed E-state index contributed by atoms with van der Waals surface area (Å²) >= 11 is 3.39. The van der Waals surface area contributed by atoms with E-state index in [1.807, 2.05) is 27.7 Å². The van der Waals surface area contributed by atoms with Gasteiger partial charge in [-0.1, -0.05) is 15.9 Å². The van der Waals surface area contributed by atoms with Gasteiger partial charge in [0.2, 0.25) is 0 Å². The Hall–Kier alpha value is -0.650. The average molecular weight is 321 g/mol. The molecule has 1 atom stereocenters. The maximum atomic E-state index is 11.7. The minimum atomic E-state index is -0.650. The molecule has 1 N–H and O–H groups in total. The first-order valence-electron chi connectivity index (χ1n) is 6.09. The van der Waals surface area contributed by atoms with Crippen LogP contribution in [0.3, 0.4) is 0 Å². The number of nitrogens with one attached hydrogen (secondary N) is 1. The van der Waals surface area contributed by atoms with Crippen molar-refractivity contribution in [2.24, 2.45) is 10.2 Å². The summed E-state index contributed by atoms with van der Waals surface area (Å²) in [7, 11) is 3.42. The largest absolute Gasteiger partial charge is 0.331 e. The average Bonchev–Trinajstić information content (AvgIpc) is 2.23. The predicted molar refractivity (Wildman–Crippen MR) is 78.3 cm³/mol. The molecule has 0 radical (unpaired) electrons. The van der Waals surface area contributed by atoms with Crippen molar-refractivity contribution >= 4 is 22.0 Å². The molecule has 0 aromatic rings. The lowest BCUT2D eigenvalue weighted by Gasteiger charge is -2.28. The number of hydrogen-bond acceptors (Lipinski definition) is 3. The van der Waals surface area contributed by atoms with E-state index < -0.39 is 5.66 Å². The molecule has 0 aromatic heterocycles. The lowest BCUT2D eigenvalue weighted by Crippen LogP contribution is -2.48. The van der Waals surface area contributed by atoms with Gasteiger partial charge in [0, 0.05) is 19.4 Å². The van der Waals surface area contributed by atoms with Crippen LogP contribution >= 0.6 is 15.9 Å². The normalized spacial score (nSPS) is 15.5. The highest BCUT2D eigenvalue weighted by Gasteiger charge is 2.27. The lowest BCUT2D eigenvalue weighted by molar-refractivity contribution is 0.199. The summed E-state index contributed by atoms with van der Waals surface area (Å²) in [6.45, 7) is 7.84. The molecule has 0 spiro atoms. The van der Waals surface area contributed by atoms with Gasteiger partial charge in [-0.15, -0.1) is 0 Å². The van der Waals surface area contributed by atoms with Gasteiger partial charge in [0.25, 0.3) is 0 Å². The van der Waals surface area contributed by atoms with E-state index in [9.17, 15) is 4.79 Å². The van der Waals surface area contributed by atoms with Gasteiger partial charge in [0.1, 0.15) is 0 Å². The number of azo groups is 1. The Labute approximate surface area is 119 Å². The van der Waals surface area contributed by atoms with E-state index in [1.54, 1.807) is 14.1 Å². The fourth-order valence-electron chi connectivity index (χ4n) is 1.15. The minimum absolute atomic E-state index is 0.153. The molecular formula is C12H25BrN4O. The first kappa shape index (κ1) is 17.4. The highest BCUT2D eigenvalue weighted by Crippen LogP contribution is 2.19. The van der Waals surface area contributed by atoms with Gasteiger partial charge in [-0.05, 0) is 40.5 Å². The summed E-state index contributed by atoms with van der Waals surface area (Å²) in [5.74, 6) is 0. The van der Waals surface area contributed by atoms with E-state index in [1.165, 1.54) is 4.90 Å². The first-order valence-corrected chi connectivity index (χ1v) is 7.21. The molecule has 18 heavy (non-hydrogen) atoms. The van der Waals surface area contributed by atoms with E-state index in [4.69, 9.17) is 0 Å². The number of amides is 2. The van der Waals surface area contributed by atoms with Crippen molar-refractivity contribution in [3.8, 4) is 0 Å². The van der Waals surface area contributed by atoms with E-state index in [0.29, 0.717) is 0 Å². The number of hydrogen-bond donors (Lipinski definition) is 1. The molecule has 0 aromatic carbocycles. The third-order valence-electron chi connectivity index (χ3n) is 2.15. The Kier molecular flexibility index (Phi) is 6.81. The van der Waals surface area contributed by atoms with Gasteiger partial charge < -0.3 is 10.2 Å². The van der Waals surface area contributed by atoms with E-state index in [2.05, 4.69) is 31.5 Å². The van der Waals surface area contributed by atoms with Crippen molar-refractivity contribution < 1.29 is 4.79 Å². The zero-order valence-electron chi connectivity index (χ0n) is 12.2. The van der Waals surface area contributed by atoms with Crippen molar-refractivity contribution in [3.63, 3.8) is 0 Å². The van der Waals surface area contributed by atoms with Crippen LogP contribution in [-0.2, 0) is 0 Å². The maximum Gasteiger partial charge on any atom is 0.318 e. The van der Waals surface area contributed by atoms with Crippen molar-refractivity contribution in [1.82, 2.24) is 10.2 Å². The van der Waals surface area contributed by atoms with Gasteiger partial charge in [-0.25, -0.2) is 4.79 Å². The number of carbonyl (C=O) groups excluding carboxylic acids is 1. The molecule has 0 aliphatic heterocycles. The van der Waals surface area contributed by atoms with Gasteiger partial charge in [0.15, 0.2) is 5.66 Å². The summed E-state index contributed by atoms with van der Waals surface area (Å²) in [5, 5.41) is 12.4. The second-order valence-electron chi connectivity index (χ2n) is 5.76. The predicted octanol–water partition coefficient (Wildman–Crippen LogP) is 3.40. The number of halogens is 1. The maximum absolute atomic E-state index is 11.7. The fourth-order valence-corrected chi connectivity index (χ4v) is 1.43. The Balaban J connectivity index is 4.82. The quantitative estimate of drug-likeness (QED) is 0.612. The number of alkyl halides is 1. The van der Waals surface area contributed by atoms with Gasteiger partial charge in [-0.3, -0.25) is 0 Å². The van der Waals surface area contributed by atoms with Crippen LogP contribution in [0.2, 0.25) is 0 Å². The molecule has 6 heteroatoms. The van der Waals surface area contributed by atoms with Gasteiger partial charge in [-0.2, -0.15) is 10.2 Å². The van der Waals surface area contributed by atoms with Crippen molar-refractivity contribution in [2.45, 2.75) is 51.7 Å². The number of nitrogens with zero attached hydrogens (tertiary/aromatic N) is 3. The third kappa shape index (κ3) is 7.63. The summed E-state index contributed by atoms with van der Waals surface area (Å²) < 4.78 is 0. The second kappa shape index (κ2) is 7.07. The van der Waals surface area contributed by atoms with Crippen LogP contribution in [0.1, 0.15) is 40.5 Å². The van der Waals surface area contributed by atoms with Gasteiger partial charge in [0.05, 0.1) is 5.54 Å². The molecular weight excluding hydrogens is 296 g/mol. The van der Waals surface area contributed by atoms with Crippen LogP contribution in [0.5, 0.6) is 0 Å². The smallest absolute Gasteiger partial charge is 0.318 e. The first-order chi connectivity index (χ1) is 8.09. The van der Waals surface area contributed by atoms with Crippen molar-refractivity contribution in [1.29, 1.82) is 0 Å². The Morgan fingerprint density at radius 3 is 2.17 bits per heavy atom. The second-order valence-corrected chi connectivity index (χ2v) is 6.55. The Bertz CT molecular complexity index is 299. The molecule has 0 saturated carbocycles. The molecule has 0 bridgehead atoms. The zero-order valence-corrected chi connectivity index (χ0v) is 13.8. The topological polar surface area (TPSA) is 57.1 Å². The lowest BCUT2D eigenvalue weighted by atomic mass is 10.1. The Morgan fingerprint density at radius 1 is 1.22 bits per heavy atom. The highest BCUT2D eigenvalue weighted by atomic mass is 79.9. The number of urea groups is 1. The molecule has 0 heterocycles. The minimum Gasteiger partial charge on any atom is -0.331 e. The summed E-state index contributed by atoms with van der Waals surface area (Å²) in [5.41, 5.74) is -0.888. The molecule has 2 amide bonds. The molecule has 0 rings (SSSR count). The zero-order chi connectivity index (χ0) is 14.4. The molecule has 5 nitrogen and oxygen atoms in total. The fraction of sp³-hybridized carbons (Fsp3) is 0.917.